The highest BCUT2D eigenvalue weighted by Gasteiger charge is 2.35. The molecule has 0 aromatic heterocycles. The molecule has 0 atom stereocenters. The summed E-state index contributed by atoms with van der Waals surface area (Å²) in [4.78, 5) is 27.8. The summed E-state index contributed by atoms with van der Waals surface area (Å²) in [5.41, 5.74) is 6.54. The molecule has 2 fully saturated rings. The third kappa shape index (κ3) is 6.54. The maximum atomic E-state index is 13.2. The smallest absolute Gasteiger partial charge is 0.248 e. The van der Waals surface area contributed by atoms with Crippen molar-refractivity contribution in [2.24, 2.45) is 5.92 Å². The number of piperazine rings is 1. The van der Waals surface area contributed by atoms with Crippen molar-refractivity contribution in [2.75, 3.05) is 38.5 Å². The van der Waals surface area contributed by atoms with E-state index in [2.05, 4.69) is 5.32 Å². The van der Waals surface area contributed by atoms with Gasteiger partial charge in [-0.05, 0) is 42.5 Å². The second-order valence-electron chi connectivity index (χ2n) is 7.99. The Bertz CT molecular complexity index is 841. The molecular weight excluding hydrogens is 414 g/mol. The van der Waals surface area contributed by atoms with Crippen LogP contribution in [0.3, 0.4) is 0 Å². The number of nitrogen functional groups attached to an aromatic ring is 1. The molecule has 166 valence electrons. The van der Waals surface area contributed by atoms with Crippen molar-refractivity contribution in [3.8, 4) is 0 Å². The van der Waals surface area contributed by atoms with Crippen LogP contribution < -0.4 is 11.1 Å². The molecule has 1 heterocycles. The quantitative estimate of drug-likeness (QED) is 0.661. The highest BCUT2D eigenvalue weighted by atomic mass is 35.5. The van der Waals surface area contributed by atoms with Gasteiger partial charge in [0.25, 0.3) is 0 Å². The molecule has 1 aromatic rings. The fourth-order valence-electron chi connectivity index (χ4n) is 3.79. The Morgan fingerprint density at radius 1 is 1.23 bits per heavy atom. The van der Waals surface area contributed by atoms with Crippen LogP contribution in [0.2, 0.25) is 5.02 Å². The van der Waals surface area contributed by atoms with Gasteiger partial charge in [-0.3, -0.25) is 14.5 Å². The number of carbonyl (C=O) groups is 2. The SMILES string of the molecule is [2H]C([2H])(c1cc(Cl)ccc1N)N1CCN(C(=O)CNC(=O)CC2CCC(F)(F)CC2)CC1. The largest absolute Gasteiger partial charge is 0.398 e. The van der Waals surface area contributed by atoms with Crippen LogP contribution in [0.1, 0.15) is 40.4 Å². The first-order valence-corrected chi connectivity index (χ1v) is 10.6. The van der Waals surface area contributed by atoms with Crippen molar-refractivity contribution < 1.29 is 21.1 Å². The Morgan fingerprint density at radius 3 is 2.57 bits per heavy atom. The Morgan fingerprint density at radius 2 is 1.90 bits per heavy atom. The number of nitrogens with two attached hydrogens (primary N) is 1. The van der Waals surface area contributed by atoms with E-state index in [-0.39, 0.29) is 49.1 Å². The predicted molar refractivity (Wildman–Crippen MR) is 112 cm³/mol. The molecule has 2 aliphatic rings. The van der Waals surface area contributed by atoms with E-state index in [1.165, 1.54) is 6.07 Å². The summed E-state index contributed by atoms with van der Waals surface area (Å²) >= 11 is 6.00. The second kappa shape index (κ2) is 9.92. The van der Waals surface area contributed by atoms with Crippen LogP contribution in [0.4, 0.5) is 14.5 Å². The van der Waals surface area contributed by atoms with Gasteiger partial charge in [-0.2, -0.15) is 0 Å². The maximum Gasteiger partial charge on any atom is 0.248 e. The van der Waals surface area contributed by atoms with Crippen molar-refractivity contribution in [3.05, 3.63) is 28.8 Å². The van der Waals surface area contributed by atoms with Gasteiger partial charge in [0.1, 0.15) is 0 Å². The number of amides is 2. The summed E-state index contributed by atoms with van der Waals surface area (Å²) in [6.45, 7) is -0.770. The van der Waals surface area contributed by atoms with Gasteiger partial charge < -0.3 is 16.0 Å². The molecule has 1 aromatic carbocycles. The summed E-state index contributed by atoms with van der Waals surface area (Å²) in [7, 11) is 0. The van der Waals surface area contributed by atoms with Gasteiger partial charge in [-0.25, -0.2) is 8.78 Å². The van der Waals surface area contributed by atoms with Gasteiger partial charge >= 0.3 is 0 Å². The van der Waals surface area contributed by atoms with Gasteiger partial charge in [0.2, 0.25) is 17.7 Å². The Hall–Kier alpha value is -1.93. The number of alkyl halides is 2. The molecule has 0 bridgehead atoms. The van der Waals surface area contributed by atoms with E-state index in [4.69, 9.17) is 20.1 Å². The molecule has 1 aliphatic carbocycles. The normalized spacial score (nSPS) is 21.6. The molecule has 0 unspecified atom stereocenters. The van der Waals surface area contributed by atoms with E-state index in [1.807, 2.05) is 0 Å². The van der Waals surface area contributed by atoms with E-state index in [0.717, 1.165) is 0 Å². The molecule has 3 rings (SSSR count). The highest BCUT2D eigenvalue weighted by molar-refractivity contribution is 6.30. The van der Waals surface area contributed by atoms with Crippen LogP contribution in [-0.2, 0) is 16.1 Å². The molecule has 9 heteroatoms. The van der Waals surface area contributed by atoms with Gasteiger partial charge in [0, 0.05) is 65.4 Å². The van der Waals surface area contributed by atoms with Crippen molar-refractivity contribution in [2.45, 2.75) is 44.5 Å². The zero-order valence-electron chi connectivity index (χ0n) is 18.8. The maximum absolute atomic E-state index is 13.2. The van der Waals surface area contributed by atoms with E-state index in [9.17, 15) is 18.4 Å². The number of hydrogen-bond donors (Lipinski definition) is 2. The van der Waals surface area contributed by atoms with Crippen molar-refractivity contribution in [1.82, 2.24) is 15.1 Å². The first-order valence-electron chi connectivity index (χ1n) is 11.2. The topological polar surface area (TPSA) is 78.7 Å². The van der Waals surface area contributed by atoms with Crippen LogP contribution in [0.5, 0.6) is 0 Å². The average molecular weight is 445 g/mol. The van der Waals surface area contributed by atoms with Gasteiger partial charge in [0.15, 0.2) is 0 Å². The standard InChI is InChI=1S/C21H29ClF2N4O2/c22-17-1-2-18(25)16(12-17)14-27-7-9-28(10-8-27)20(30)13-26-19(29)11-15-3-5-21(23,24)6-4-15/h1-2,12,15H,3-11,13-14,25H2,(H,26,29)/i14D2. The number of anilines is 1. The lowest BCUT2D eigenvalue weighted by atomic mass is 9.84. The highest BCUT2D eigenvalue weighted by Crippen LogP contribution is 2.37. The van der Waals surface area contributed by atoms with Crippen molar-refractivity contribution in [3.63, 3.8) is 0 Å². The predicted octanol–water partition coefficient (Wildman–Crippen LogP) is 2.90. The molecule has 0 radical (unpaired) electrons. The summed E-state index contributed by atoms with van der Waals surface area (Å²) in [5, 5.41) is 2.99. The van der Waals surface area contributed by atoms with Crippen LogP contribution >= 0.6 is 11.6 Å². The monoisotopic (exact) mass is 444 g/mol. The number of halogens is 3. The van der Waals surface area contributed by atoms with Crippen LogP contribution in [0.15, 0.2) is 18.2 Å². The summed E-state index contributed by atoms with van der Waals surface area (Å²) in [6.07, 6.45) is 0.397. The number of nitrogens with zero attached hydrogens (tertiary/aromatic N) is 2. The number of hydrogen-bond acceptors (Lipinski definition) is 4. The third-order valence-electron chi connectivity index (χ3n) is 5.67. The van der Waals surface area contributed by atoms with E-state index >= 15 is 0 Å². The fourth-order valence-corrected chi connectivity index (χ4v) is 3.96. The molecule has 3 N–H and O–H groups in total. The summed E-state index contributed by atoms with van der Waals surface area (Å²) in [6, 6.07) is 4.68. The van der Waals surface area contributed by atoms with Crippen LogP contribution in [0.25, 0.3) is 0 Å². The number of rotatable bonds is 6. The van der Waals surface area contributed by atoms with Gasteiger partial charge in [-0.1, -0.05) is 11.6 Å². The van der Waals surface area contributed by atoms with Crippen LogP contribution in [0, 0.1) is 5.92 Å². The summed E-state index contributed by atoms with van der Waals surface area (Å²) < 4.78 is 43.4. The fraction of sp³-hybridized carbons (Fsp3) is 0.619. The lowest BCUT2D eigenvalue weighted by molar-refractivity contribution is -0.134. The van der Waals surface area contributed by atoms with Gasteiger partial charge in [0.05, 0.1) is 6.54 Å². The van der Waals surface area contributed by atoms with E-state index in [1.54, 1.807) is 21.9 Å². The molecule has 2 amide bonds. The molecule has 0 spiro atoms. The number of nitrogens with one attached hydrogen (secondary N) is 1. The molecule has 6 nitrogen and oxygen atoms in total. The lowest BCUT2D eigenvalue weighted by Crippen LogP contribution is -2.51. The molecule has 1 saturated carbocycles. The molecule has 1 saturated heterocycles. The summed E-state index contributed by atoms with van der Waals surface area (Å²) in [5.74, 6) is -3.26. The average Bonchev–Trinajstić information content (AvgIpc) is 2.75. The minimum absolute atomic E-state index is 0.0746. The minimum Gasteiger partial charge on any atom is -0.398 e. The minimum atomic E-state index is -2.63. The number of benzene rings is 1. The van der Waals surface area contributed by atoms with E-state index < -0.39 is 12.4 Å². The zero-order valence-corrected chi connectivity index (χ0v) is 17.6. The van der Waals surface area contributed by atoms with Crippen molar-refractivity contribution >= 4 is 29.1 Å². The lowest BCUT2D eigenvalue weighted by Gasteiger charge is -2.35. The Balaban J connectivity index is 1.44. The van der Waals surface area contributed by atoms with E-state index in [0.29, 0.717) is 49.7 Å². The Kier molecular flexibility index (Phi) is 6.61. The first kappa shape index (κ1) is 20.0. The second-order valence-corrected chi connectivity index (χ2v) is 8.43. The van der Waals surface area contributed by atoms with Crippen molar-refractivity contribution in [1.29, 1.82) is 0 Å². The first-order chi connectivity index (χ1) is 15.0. The zero-order chi connectivity index (χ0) is 23.5. The van der Waals surface area contributed by atoms with Crippen LogP contribution in [-0.4, -0.2) is 60.3 Å². The third-order valence-corrected chi connectivity index (χ3v) is 5.91. The molecule has 1 aliphatic heterocycles. The van der Waals surface area contributed by atoms with Gasteiger partial charge in [-0.15, -0.1) is 0 Å². The molecular formula is C21H29ClF2N4O2. The molecule has 30 heavy (non-hydrogen) atoms. The number of carbonyl (C=O) groups excluding carboxylic acids is 2. The Labute approximate surface area is 183 Å².